The van der Waals surface area contributed by atoms with Crippen LogP contribution in [-0.4, -0.2) is 19.7 Å². The molecule has 1 rings (SSSR count). The van der Waals surface area contributed by atoms with E-state index in [0.29, 0.717) is 11.4 Å². The zero-order valence-electron chi connectivity index (χ0n) is 8.03. The van der Waals surface area contributed by atoms with Gasteiger partial charge in [-0.1, -0.05) is 12.1 Å². The van der Waals surface area contributed by atoms with E-state index in [4.69, 9.17) is 10.5 Å². The summed E-state index contributed by atoms with van der Waals surface area (Å²) in [4.78, 5) is 10.8. The van der Waals surface area contributed by atoms with Gasteiger partial charge in [0.15, 0.2) is 0 Å². The van der Waals surface area contributed by atoms with Crippen LogP contribution >= 0.6 is 0 Å². The summed E-state index contributed by atoms with van der Waals surface area (Å²) in [5.41, 5.74) is 6.20. The first-order valence-corrected chi connectivity index (χ1v) is 4.28. The quantitative estimate of drug-likeness (QED) is 0.579. The molecule has 0 unspecified atom stereocenters. The van der Waals surface area contributed by atoms with Crippen molar-refractivity contribution in [1.82, 2.24) is 0 Å². The minimum absolute atomic E-state index is 0.227. The largest absolute Gasteiger partial charge is 0.491 e. The number of carbonyl (C=O) groups excluding carboxylic acids is 1. The van der Waals surface area contributed by atoms with Crippen molar-refractivity contribution in [1.29, 1.82) is 0 Å². The summed E-state index contributed by atoms with van der Waals surface area (Å²) in [5.74, 6) is 0.302. The molecule has 76 valence electrons. The predicted molar refractivity (Wildman–Crippen MR) is 53.0 cm³/mol. The van der Waals surface area contributed by atoms with Crippen LogP contribution in [0.4, 0.5) is 5.69 Å². The van der Waals surface area contributed by atoms with Gasteiger partial charge in [0, 0.05) is 0 Å². The van der Waals surface area contributed by atoms with E-state index in [2.05, 4.69) is 4.74 Å². The molecule has 4 heteroatoms. The summed E-state index contributed by atoms with van der Waals surface area (Å²) in [6, 6.07) is 7.15. The number of nitrogens with two attached hydrogens (primary N) is 1. The molecule has 0 heterocycles. The van der Waals surface area contributed by atoms with Crippen molar-refractivity contribution in [2.75, 3.05) is 19.5 Å². The summed E-state index contributed by atoms with van der Waals surface area (Å²) in [6.07, 6.45) is 0.227. The maximum atomic E-state index is 10.8. The lowest BCUT2D eigenvalue weighted by Gasteiger charge is -2.07. The molecule has 1 aromatic carbocycles. The van der Waals surface area contributed by atoms with E-state index < -0.39 is 0 Å². The molecule has 0 aliphatic carbocycles. The molecular weight excluding hydrogens is 182 g/mol. The smallest absolute Gasteiger partial charge is 0.308 e. The molecule has 0 spiro atoms. The Labute approximate surface area is 82.6 Å². The van der Waals surface area contributed by atoms with Crippen molar-refractivity contribution in [2.24, 2.45) is 0 Å². The summed E-state index contributed by atoms with van der Waals surface area (Å²) in [7, 11) is 1.35. The van der Waals surface area contributed by atoms with Crippen LogP contribution in [-0.2, 0) is 9.53 Å². The van der Waals surface area contributed by atoms with Crippen molar-refractivity contribution in [3.05, 3.63) is 24.3 Å². The number of esters is 1. The number of anilines is 1. The van der Waals surface area contributed by atoms with Gasteiger partial charge in [0.2, 0.25) is 0 Å². The van der Waals surface area contributed by atoms with Crippen molar-refractivity contribution >= 4 is 11.7 Å². The van der Waals surface area contributed by atoms with E-state index in [1.165, 1.54) is 7.11 Å². The molecule has 0 amide bonds. The molecule has 0 aliphatic rings. The zero-order chi connectivity index (χ0) is 10.4. The van der Waals surface area contributed by atoms with Gasteiger partial charge in [-0.3, -0.25) is 4.79 Å². The fourth-order valence-corrected chi connectivity index (χ4v) is 0.958. The van der Waals surface area contributed by atoms with Gasteiger partial charge < -0.3 is 15.2 Å². The van der Waals surface area contributed by atoms with Crippen molar-refractivity contribution < 1.29 is 14.3 Å². The number of carbonyl (C=O) groups is 1. The third-order valence-corrected chi connectivity index (χ3v) is 1.71. The second-order valence-electron chi connectivity index (χ2n) is 2.71. The average Bonchev–Trinajstić information content (AvgIpc) is 2.20. The van der Waals surface area contributed by atoms with E-state index in [-0.39, 0.29) is 19.0 Å². The number of ether oxygens (including phenoxy) is 2. The molecule has 0 saturated carbocycles. The van der Waals surface area contributed by atoms with Crippen LogP contribution in [0.15, 0.2) is 24.3 Å². The minimum atomic E-state index is -0.292. The van der Waals surface area contributed by atoms with Crippen LogP contribution in [0.5, 0.6) is 5.75 Å². The lowest BCUT2D eigenvalue weighted by molar-refractivity contribution is -0.141. The molecule has 0 atom stereocenters. The highest BCUT2D eigenvalue weighted by atomic mass is 16.5. The van der Waals surface area contributed by atoms with Crippen LogP contribution in [0.25, 0.3) is 0 Å². The number of hydrogen-bond acceptors (Lipinski definition) is 4. The van der Waals surface area contributed by atoms with Crippen molar-refractivity contribution in [3.8, 4) is 5.75 Å². The molecule has 0 aliphatic heterocycles. The molecule has 0 aromatic heterocycles. The fraction of sp³-hybridized carbons (Fsp3) is 0.300. The molecule has 1 aromatic rings. The highest BCUT2D eigenvalue weighted by Gasteiger charge is 2.02. The molecule has 0 radical (unpaired) electrons. The molecule has 0 saturated heterocycles. The Bertz CT molecular complexity index is 312. The van der Waals surface area contributed by atoms with Gasteiger partial charge in [-0.25, -0.2) is 0 Å². The van der Waals surface area contributed by atoms with Gasteiger partial charge in [0.25, 0.3) is 0 Å². The normalized spacial score (nSPS) is 9.50. The minimum Gasteiger partial charge on any atom is -0.491 e. The van der Waals surface area contributed by atoms with Gasteiger partial charge in [-0.05, 0) is 12.1 Å². The van der Waals surface area contributed by atoms with Gasteiger partial charge in [-0.15, -0.1) is 0 Å². The second kappa shape index (κ2) is 5.11. The van der Waals surface area contributed by atoms with E-state index in [9.17, 15) is 4.79 Å². The van der Waals surface area contributed by atoms with E-state index >= 15 is 0 Å². The maximum Gasteiger partial charge on any atom is 0.308 e. The lowest BCUT2D eigenvalue weighted by Crippen LogP contribution is -2.08. The first-order valence-electron chi connectivity index (χ1n) is 4.28. The first kappa shape index (κ1) is 10.4. The van der Waals surface area contributed by atoms with E-state index in [1.807, 2.05) is 12.1 Å². The standard InChI is InChI=1S/C10H13NO3/c1-13-10(12)6-7-14-9-5-3-2-4-8(9)11/h2-5H,6-7,11H2,1H3. The van der Waals surface area contributed by atoms with E-state index in [0.717, 1.165) is 0 Å². The number of nitrogen functional groups attached to an aromatic ring is 1. The fourth-order valence-electron chi connectivity index (χ4n) is 0.958. The first-order chi connectivity index (χ1) is 6.74. The Kier molecular flexibility index (Phi) is 3.79. The van der Waals surface area contributed by atoms with E-state index in [1.54, 1.807) is 12.1 Å². The average molecular weight is 195 g/mol. The molecule has 2 N–H and O–H groups in total. The van der Waals surface area contributed by atoms with Crippen LogP contribution in [0.2, 0.25) is 0 Å². The molecule has 14 heavy (non-hydrogen) atoms. The number of benzene rings is 1. The van der Waals surface area contributed by atoms with Crippen LogP contribution in [0, 0.1) is 0 Å². The Morgan fingerprint density at radius 3 is 2.79 bits per heavy atom. The third kappa shape index (κ3) is 2.97. The van der Waals surface area contributed by atoms with Gasteiger partial charge in [0.1, 0.15) is 5.75 Å². The van der Waals surface area contributed by atoms with Crippen LogP contribution in [0.3, 0.4) is 0 Å². The number of methoxy groups -OCH3 is 1. The second-order valence-corrected chi connectivity index (χ2v) is 2.71. The zero-order valence-corrected chi connectivity index (χ0v) is 8.03. The summed E-state index contributed by atoms with van der Waals surface area (Å²) in [5, 5.41) is 0. The molecule has 4 nitrogen and oxygen atoms in total. The number of hydrogen-bond donors (Lipinski definition) is 1. The van der Waals surface area contributed by atoms with Gasteiger partial charge in [-0.2, -0.15) is 0 Å². The topological polar surface area (TPSA) is 61.5 Å². The molecule has 0 bridgehead atoms. The SMILES string of the molecule is COC(=O)CCOc1ccccc1N. The lowest BCUT2D eigenvalue weighted by atomic mass is 10.3. The number of para-hydroxylation sites is 2. The molecule has 0 fully saturated rings. The maximum absolute atomic E-state index is 10.8. The monoisotopic (exact) mass is 195 g/mol. The van der Waals surface area contributed by atoms with Gasteiger partial charge in [0.05, 0.1) is 25.8 Å². The predicted octanol–water partition coefficient (Wildman–Crippen LogP) is 1.21. The Hall–Kier alpha value is -1.71. The summed E-state index contributed by atoms with van der Waals surface area (Å²) >= 11 is 0. The van der Waals surface area contributed by atoms with Crippen molar-refractivity contribution in [2.45, 2.75) is 6.42 Å². The number of rotatable bonds is 4. The Morgan fingerprint density at radius 2 is 2.14 bits per heavy atom. The van der Waals surface area contributed by atoms with Crippen LogP contribution < -0.4 is 10.5 Å². The Morgan fingerprint density at radius 1 is 1.43 bits per heavy atom. The highest BCUT2D eigenvalue weighted by Crippen LogP contribution is 2.19. The van der Waals surface area contributed by atoms with Crippen molar-refractivity contribution in [3.63, 3.8) is 0 Å². The Balaban J connectivity index is 2.39. The van der Waals surface area contributed by atoms with Crippen LogP contribution in [0.1, 0.15) is 6.42 Å². The molecular formula is C10H13NO3. The van der Waals surface area contributed by atoms with Gasteiger partial charge >= 0.3 is 5.97 Å². The third-order valence-electron chi connectivity index (χ3n) is 1.71. The summed E-state index contributed by atoms with van der Waals surface area (Å²) < 4.78 is 9.75. The summed E-state index contributed by atoms with van der Waals surface area (Å²) in [6.45, 7) is 0.279. The highest BCUT2D eigenvalue weighted by molar-refractivity contribution is 5.69.